The zero-order chi connectivity index (χ0) is 21.8. The summed E-state index contributed by atoms with van der Waals surface area (Å²) in [5.41, 5.74) is 3.36. The minimum atomic E-state index is -0.415. The molecule has 0 amide bonds. The highest BCUT2D eigenvalue weighted by Gasteiger charge is 2.21. The van der Waals surface area contributed by atoms with E-state index in [-0.39, 0.29) is 11.8 Å². The summed E-state index contributed by atoms with van der Waals surface area (Å²) in [7, 11) is 0. The van der Waals surface area contributed by atoms with Crippen molar-refractivity contribution in [2.45, 2.75) is 44.6 Å². The predicted molar refractivity (Wildman–Crippen MR) is 116 cm³/mol. The molecule has 0 radical (unpaired) electrons. The highest BCUT2D eigenvalue weighted by molar-refractivity contribution is 6.14. The van der Waals surface area contributed by atoms with Crippen LogP contribution in [0.4, 0.5) is 17.1 Å². The maximum Gasteiger partial charge on any atom is 0.298 e. The van der Waals surface area contributed by atoms with Crippen LogP contribution in [0, 0.1) is 15.5 Å². The Kier molecular flexibility index (Phi) is 9.75. The van der Waals surface area contributed by atoms with E-state index in [1.807, 2.05) is 0 Å². The highest BCUT2D eigenvalue weighted by Crippen LogP contribution is 2.26. The molecule has 10 heteroatoms. The van der Waals surface area contributed by atoms with E-state index in [0.29, 0.717) is 24.3 Å². The van der Waals surface area contributed by atoms with Crippen molar-refractivity contribution < 1.29 is 20.6 Å². The molecule has 0 aliphatic carbocycles. The first-order valence-electron chi connectivity index (χ1n) is 10.2. The molecule has 0 saturated carbocycles. The average molecular weight is 420 g/mol. The second kappa shape index (κ2) is 12.6. The van der Waals surface area contributed by atoms with Gasteiger partial charge in [-0.15, -0.1) is 0 Å². The van der Waals surface area contributed by atoms with Crippen molar-refractivity contribution in [3.8, 4) is 0 Å². The lowest BCUT2D eigenvalue weighted by Gasteiger charge is -2.33. The Hall–Kier alpha value is -2.98. The van der Waals surface area contributed by atoms with Gasteiger partial charge in [0.05, 0.1) is 29.1 Å². The molecule has 0 unspecified atom stereocenters. The summed E-state index contributed by atoms with van der Waals surface area (Å²) in [6.07, 6.45) is 8.23. The molecule has 1 saturated heterocycles. The van der Waals surface area contributed by atoms with Crippen LogP contribution in [0.1, 0.15) is 38.5 Å². The number of nitrogens with one attached hydrogen (secondary N) is 2. The van der Waals surface area contributed by atoms with E-state index >= 15 is 0 Å². The summed E-state index contributed by atoms with van der Waals surface area (Å²) in [4.78, 5) is 13.0. The molecule has 1 aliphatic rings. The number of piperidine rings is 1. The molecule has 0 aromatic heterocycles. The standard InChI is InChI=1S/C20H30N6O4/c21-8-10-23-24-16-5-6-19(20(13-16)26(29)30)22-9-3-1-2-4-11-25-12-7-18(28)14-17(25)15-27/h5-6,8,10,13,15,18,21-22,24,27-28H,1-4,7,9,11-12,14H2/p+1/b17-15+,21-8?,23-10-/t18-/m1/s1. The Morgan fingerprint density at radius 3 is 2.90 bits per heavy atom. The molecule has 1 atom stereocenters. The van der Waals surface area contributed by atoms with Gasteiger partial charge in [0.15, 0.2) is 5.69 Å². The van der Waals surface area contributed by atoms with E-state index in [1.54, 1.807) is 12.1 Å². The molecule has 1 aromatic carbocycles. The number of benzene rings is 1. The first-order valence-corrected chi connectivity index (χ1v) is 10.2. The minimum Gasteiger partial charge on any atom is -0.514 e. The topological polar surface area (TPSA) is 152 Å². The van der Waals surface area contributed by atoms with Crippen LogP contribution in [0.15, 0.2) is 35.3 Å². The van der Waals surface area contributed by atoms with Gasteiger partial charge in [0.2, 0.25) is 0 Å². The van der Waals surface area contributed by atoms with Gasteiger partial charge in [0, 0.05) is 38.3 Å². The smallest absolute Gasteiger partial charge is 0.298 e. The molecule has 1 fully saturated rings. The Labute approximate surface area is 175 Å². The Bertz CT molecular complexity index is 768. The number of hydrogen-bond acceptors (Lipinski definition) is 8. The van der Waals surface area contributed by atoms with Crippen LogP contribution in [0.3, 0.4) is 0 Å². The van der Waals surface area contributed by atoms with Crippen molar-refractivity contribution in [1.29, 1.82) is 5.41 Å². The number of rotatable bonds is 12. The van der Waals surface area contributed by atoms with Crippen LogP contribution in [-0.4, -0.2) is 58.2 Å². The number of hydrogen-bond donors (Lipinski definition) is 5. The van der Waals surface area contributed by atoms with Crippen molar-refractivity contribution in [3.63, 3.8) is 0 Å². The monoisotopic (exact) mass is 419 g/mol. The molecule has 30 heavy (non-hydrogen) atoms. The van der Waals surface area contributed by atoms with Gasteiger partial charge in [-0.1, -0.05) is 17.9 Å². The first-order chi connectivity index (χ1) is 14.5. The molecule has 10 nitrogen and oxygen atoms in total. The van der Waals surface area contributed by atoms with Crippen LogP contribution in [0.25, 0.3) is 0 Å². The Morgan fingerprint density at radius 1 is 1.37 bits per heavy atom. The number of likely N-dealkylation sites (tertiary alicyclic amines) is 1. The van der Waals surface area contributed by atoms with E-state index in [9.17, 15) is 20.3 Å². The number of anilines is 1. The molecular formula is C20H31N6O4+. The number of aliphatic hydroxyl groups is 2. The third kappa shape index (κ3) is 7.45. The fourth-order valence-electron chi connectivity index (χ4n) is 3.42. The number of nitrogens with zero attached hydrogens (tertiary/aromatic N) is 3. The first kappa shape index (κ1) is 23.3. The van der Waals surface area contributed by atoms with Crippen molar-refractivity contribution in [2.24, 2.45) is 5.10 Å². The molecule has 6 N–H and O–H groups in total. The van der Waals surface area contributed by atoms with E-state index in [4.69, 9.17) is 5.41 Å². The molecule has 1 aromatic rings. The van der Waals surface area contributed by atoms with Crippen molar-refractivity contribution in [2.75, 3.05) is 25.0 Å². The number of unbranched alkanes of at least 4 members (excludes halogenated alkanes) is 3. The Morgan fingerprint density at radius 2 is 2.17 bits per heavy atom. The minimum absolute atomic E-state index is 0.00408. The van der Waals surface area contributed by atoms with Gasteiger partial charge in [-0.25, -0.2) is 0 Å². The van der Waals surface area contributed by atoms with Crippen LogP contribution < -0.4 is 10.7 Å². The van der Waals surface area contributed by atoms with Crippen LogP contribution in [0.5, 0.6) is 0 Å². The third-order valence-electron chi connectivity index (χ3n) is 5.01. The zero-order valence-electron chi connectivity index (χ0n) is 17.0. The highest BCUT2D eigenvalue weighted by atomic mass is 16.6. The summed E-state index contributed by atoms with van der Waals surface area (Å²) >= 11 is 0. The fraction of sp³-hybridized carbons (Fsp3) is 0.500. The van der Waals surface area contributed by atoms with Crippen LogP contribution in [0.2, 0.25) is 0 Å². The summed E-state index contributed by atoms with van der Waals surface area (Å²) in [6, 6.07) is 4.89. The van der Waals surface area contributed by atoms with E-state index < -0.39 is 4.92 Å². The third-order valence-corrected chi connectivity index (χ3v) is 5.01. The van der Waals surface area contributed by atoms with Gasteiger partial charge in [-0.3, -0.25) is 10.1 Å². The van der Waals surface area contributed by atoms with Crippen molar-refractivity contribution in [3.05, 3.63) is 40.3 Å². The number of aliphatic hydroxyl groups excluding tert-OH is 2. The SMILES string of the molecule is N=C/C=N\[NH2+]c1ccc(NCCCCCCN2CC[C@@H](O)C/C2=C\O)c([N+](=O)[O-])c1. The average Bonchev–Trinajstić information content (AvgIpc) is 2.74. The second-order valence-electron chi connectivity index (χ2n) is 7.22. The predicted octanol–water partition coefficient (Wildman–Crippen LogP) is 2.25. The normalized spacial score (nSPS) is 18.1. The summed E-state index contributed by atoms with van der Waals surface area (Å²) in [6.45, 7) is 2.27. The quantitative estimate of drug-likeness (QED) is 0.0666. The zero-order valence-corrected chi connectivity index (χ0v) is 17.0. The second-order valence-corrected chi connectivity index (χ2v) is 7.22. The van der Waals surface area contributed by atoms with Gasteiger partial charge in [0.25, 0.3) is 5.69 Å². The number of nitro benzene ring substituents is 1. The van der Waals surface area contributed by atoms with Gasteiger partial charge in [-0.2, -0.15) is 5.43 Å². The van der Waals surface area contributed by atoms with Gasteiger partial charge < -0.3 is 25.8 Å². The molecule has 0 spiro atoms. The lowest BCUT2D eigenvalue weighted by molar-refractivity contribution is -0.577. The van der Waals surface area contributed by atoms with Crippen molar-refractivity contribution in [1.82, 2.24) is 4.90 Å². The molecule has 164 valence electrons. The Balaban J connectivity index is 1.70. The number of nitrogens with two attached hydrogens (primary N) is 1. The molecule has 1 aliphatic heterocycles. The largest absolute Gasteiger partial charge is 0.514 e. The van der Waals surface area contributed by atoms with Crippen LogP contribution in [-0.2, 0) is 0 Å². The summed E-state index contributed by atoms with van der Waals surface area (Å²) in [5, 5.41) is 44.2. The van der Waals surface area contributed by atoms with Gasteiger partial charge in [0.1, 0.15) is 11.9 Å². The molecular weight excluding hydrogens is 388 g/mol. The maximum absolute atomic E-state index is 11.3. The summed E-state index contributed by atoms with van der Waals surface area (Å²) in [5.74, 6) is 0. The molecule has 0 bridgehead atoms. The van der Waals surface area contributed by atoms with Crippen LogP contribution >= 0.6 is 0 Å². The number of quaternary nitrogens is 1. The lowest BCUT2D eigenvalue weighted by Crippen LogP contribution is -2.71. The molecule has 1 heterocycles. The molecule has 2 rings (SSSR count). The van der Waals surface area contributed by atoms with Crippen molar-refractivity contribution >= 4 is 29.5 Å². The maximum atomic E-state index is 11.3. The van der Waals surface area contributed by atoms with E-state index in [0.717, 1.165) is 63.4 Å². The number of nitro groups is 1. The fourth-order valence-corrected chi connectivity index (χ4v) is 3.42. The lowest BCUT2D eigenvalue weighted by atomic mass is 10.0. The van der Waals surface area contributed by atoms with Gasteiger partial charge in [-0.05, 0) is 25.3 Å². The summed E-state index contributed by atoms with van der Waals surface area (Å²) < 4.78 is 0. The van der Waals surface area contributed by atoms with E-state index in [2.05, 4.69) is 15.3 Å². The van der Waals surface area contributed by atoms with E-state index in [1.165, 1.54) is 17.7 Å². The van der Waals surface area contributed by atoms with Gasteiger partial charge >= 0.3 is 0 Å².